The van der Waals surface area contributed by atoms with E-state index in [9.17, 15) is 4.79 Å². The Bertz CT molecular complexity index is 1070. The summed E-state index contributed by atoms with van der Waals surface area (Å²) in [6, 6.07) is 14.7. The van der Waals surface area contributed by atoms with E-state index >= 15 is 0 Å². The molecule has 2 aromatic heterocycles. The van der Waals surface area contributed by atoms with Crippen molar-refractivity contribution in [1.82, 2.24) is 19.7 Å². The third-order valence-corrected chi connectivity index (χ3v) is 4.19. The van der Waals surface area contributed by atoms with Crippen LogP contribution in [0.5, 0.6) is 0 Å². The Labute approximate surface area is 148 Å². The Hall–Kier alpha value is -3.12. The Morgan fingerprint density at radius 2 is 1.96 bits per heavy atom. The van der Waals surface area contributed by atoms with Crippen molar-refractivity contribution in [1.29, 1.82) is 0 Å². The lowest BCUT2D eigenvalue weighted by Gasteiger charge is -2.01. The number of benzene rings is 2. The lowest BCUT2D eigenvalue weighted by atomic mass is 10.1. The van der Waals surface area contributed by atoms with E-state index in [1.54, 1.807) is 18.5 Å². The molecule has 0 atom stereocenters. The van der Waals surface area contributed by atoms with Gasteiger partial charge in [-0.15, -0.1) is 0 Å². The quantitative estimate of drug-likeness (QED) is 0.568. The number of carbonyl (C=O) groups excluding carboxylic acids is 1. The van der Waals surface area contributed by atoms with Crippen molar-refractivity contribution in [3.63, 3.8) is 0 Å². The van der Waals surface area contributed by atoms with Crippen LogP contribution in [0.1, 0.15) is 10.4 Å². The van der Waals surface area contributed by atoms with Gasteiger partial charge in [0.05, 0.1) is 29.4 Å². The number of H-pyrrole nitrogens is 1. The molecule has 0 spiro atoms. The van der Waals surface area contributed by atoms with E-state index in [4.69, 9.17) is 16.3 Å². The van der Waals surface area contributed by atoms with Crippen LogP contribution >= 0.6 is 11.6 Å². The van der Waals surface area contributed by atoms with E-state index in [1.165, 1.54) is 7.11 Å². The van der Waals surface area contributed by atoms with E-state index in [-0.39, 0.29) is 5.97 Å². The van der Waals surface area contributed by atoms with Gasteiger partial charge in [-0.05, 0) is 35.9 Å². The molecule has 6 nitrogen and oxygen atoms in total. The summed E-state index contributed by atoms with van der Waals surface area (Å²) in [4.78, 5) is 16.0. The SMILES string of the molecule is COC(=O)c1ccc2c(c1)ncn2-c1cc(-c2ccc(Cl)cc2)[nH]n1. The van der Waals surface area contributed by atoms with Gasteiger partial charge in [0.15, 0.2) is 5.82 Å². The monoisotopic (exact) mass is 352 g/mol. The number of nitrogens with zero attached hydrogens (tertiary/aromatic N) is 3. The lowest BCUT2D eigenvalue weighted by molar-refractivity contribution is 0.0601. The first kappa shape index (κ1) is 15.4. The average molecular weight is 353 g/mol. The van der Waals surface area contributed by atoms with Gasteiger partial charge >= 0.3 is 5.97 Å². The molecule has 0 amide bonds. The van der Waals surface area contributed by atoms with E-state index < -0.39 is 0 Å². The molecule has 0 aliphatic rings. The average Bonchev–Trinajstić information content (AvgIpc) is 3.27. The summed E-state index contributed by atoms with van der Waals surface area (Å²) in [5, 5.41) is 8.06. The van der Waals surface area contributed by atoms with Crippen LogP contribution in [0, 0.1) is 0 Å². The van der Waals surface area contributed by atoms with Gasteiger partial charge in [-0.2, -0.15) is 5.10 Å². The molecule has 25 heavy (non-hydrogen) atoms. The van der Waals surface area contributed by atoms with Crippen molar-refractivity contribution in [3.8, 4) is 17.1 Å². The first-order valence-corrected chi connectivity index (χ1v) is 7.90. The standard InChI is InChI=1S/C18H13ClN4O2/c1-25-18(24)12-4-7-16-15(8-12)20-10-23(16)17-9-14(21-22-17)11-2-5-13(19)6-3-11/h2-10H,1H3,(H,21,22). The maximum atomic E-state index is 11.6. The predicted octanol–water partition coefficient (Wildman–Crippen LogP) is 3.86. The Morgan fingerprint density at radius 3 is 2.72 bits per heavy atom. The molecular weight excluding hydrogens is 340 g/mol. The smallest absolute Gasteiger partial charge is 0.337 e. The fraction of sp³-hybridized carbons (Fsp3) is 0.0556. The highest BCUT2D eigenvalue weighted by Gasteiger charge is 2.12. The molecule has 2 heterocycles. The first-order chi connectivity index (χ1) is 12.2. The van der Waals surface area contributed by atoms with Crippen molar-refractivity contribution in [3.05, 3.63) is 65.4 Å². The van der Waals surface area contributed by atoms with Gasteiger partial charge in [-0.25, -0.2) is 9.78 Å². The Morgan fingerprint density at radius 1 is 1.16 bits per heavy atom. The highest BCUT2D eigenvalue weighted by Crippen LogP contribution is 2.24. The molecule has 0 aliphatic carbocycles. The molecular formula is C18H13ClN4O2. The van der Waals surface area contributed by atoms with Gasteiger partial charge in [0.25, 0.3) is 0 Å². The second kappa shape index (κ2) is 6.07. The third-order valence-electron chi connectivity index (χ3n) is 3.93. The summed E-state index contributed by atoms with van der Waals surface area (Å²) in [5.41, 5.74) is 3.87. The molecule has 2 aromatic carbocycles. The molecule has 0 fully saturated rings. The fourth-order valence-corrected chi connectivity index (χ4v) is 2.78. The summed E-state index contributed by atoms with van der Waals surface area (Å²) < 4.78 is 6.59. The number of rotatable bonds is 3. The van der Waals surface area contributed by atoms with Crippen LogP contribution in [0.2, 0.25) is 5.02 Å². The van der Waals surface area contributed by atoms with Crippen molar-refractivity contribution in [2.24, 2.45) is 0 Å². The number of ether oxygens (including phenoxy) is 1. The van der Waals surface area contributed by atoms with Crippen LogP contribution in [0.3, 0.4) is 0 Å². The number of methoxy groups -OCH3 is 1. The molecule has 0 radical (unpaired) electrons. The molecule has 0 aliphatic heterocycles. The zero-order chi connectivity index (χ0) is 17.4. The van der Waals surface area contributed by atoms with Crippen molar-refractivity contribution in [2.75, 3.05) is 7.11 Å². The minimum atomic E-state index is -0.388. The Kier molecular flexibility index (Phi) is 3.74. The van der Waals surface area contributed by atoms with E-state index in [2.05, 4.69) is 15.2 Å². The summed E-state index contributed by atoms with van der Waals surface area (Å²) in [6.45, 7) is 0. The minimum absolute atomic E-state index is 0.388. The number of halogens is 1. The topological polar surface area (TPSA) is 72.8 Å². The second-order valence-electron chi connectivity index (χ2n) is 5.46. The minimum Gasteiger partial charge on any atom is -0.465 e. The lowest BCUT2D eigenvalue weighted by Crippen LogP contribution is -2.00. The highest BCUT2D eigenvalue weighted by atomic mass is 35.5. The van der Waals surface area contributed by atoms with Crippen LogP contribution in [0.15, 0.2) is 54.9 Å². The van der Waals surface area contributed by atoms with Crippen LogP contribution in [0.4, 0.5) is 0 Å². The van der Waals surface area contributed by atoms with Gasteiger partial charge in [0.2, 0.25) is 0 Å². The number of fused-ring (bicyclic) bond motifs is 1. The molecule has 0 saturated carbocycles. The summed E-state index contributed by atoms with van der Waals surface area (Å²) in [7, 11) is 1.35. The van der Waals surface area contributed by atoms with Gasteiger partial charge in [0, 0.05) is 11.1 Å². The van der Waals surface area contributed by atoms with Crippen LogP contribution in [-0.4, -0.2) is 32.8 Å². The molecule has 4 aromatic rings. The van der Waals surface area contributed by atoms with Crippen molar-refractivity contribution in [2.45, 2.75) is 0 Å². The maximum Gasteiger partial charge on any atom is 0.337 e. The molecule has 4 rings (SSSR count). The zero-order valence-electron chi connectivity index (χ0n) is 13.2. The largest absolute Gasteiger partial charge is 0.465 e. The van der Waals surface area contributed by atoms with Crippen LogP contribution < -0.4 is 0 Å². The molecule has 0 saturated heterocycles. The molecule has 0 unspecified atom stereocenters. The molecule has 124 valence electrons. The number of hydrogen-bond donors (Lipinski definition) is 1. The fourth-order valence-electron chi connectivity index (χ4n) is 2.65. The van der Waals surface area contributed by atoms with Gasteiger partial charge < -0.3 is 4.74 Å². The molecule has 7 heteroatoms. The summed E-state index contributed by atoms with van der Waals surface area (Å²) >= 11 is 5.93. The number of nitrogens with one attached hydrogen (secondary N) is 1. The molecule has 0 bridgehead atoms. The number of imidazole rings is 1. The third kappa shape index (κ3) is 2.77. The zero-order valence-corrected chi connectivity index (χ0v) is 14.0. The number of aromatic nitrogens is 4. The van der Waals surface area contributed by atoms with Crippen molar-refractivity contribution >= 4 is 28.6 Å². The number of aromatic amines is 1. The van der Waals surface area contributed by atoms with Gasteiger partial charge in [-0.3, -0.25) is 9.67 Å². The summed E-state index contributed by atoms with van der Waals surface area (Å²) in [5.74, 6) is 0.319. The van der Waals surface area contributed by atoms with Gasteiger partial charge in [-0.1, -0.05) is 23.7 Å². The van der Waals surface area contributed by atoms with E-state index in [1.807, 2.05) is 41.0 Å². The molecule has 1 N–H and O–H groups in total. The van der Waals surface area contributed by atoms with Crippen molar-refractivity contribution < 1.29 is 9.53 Å². The number of esters is 1. The maximum absolute atomic E-state index is 11.6. The summed E-state index contributed by atoms with van der Waals surface area (Å²) in [6.07, 6.45) is 1.67. The van der Waals surface area contributed by atoms with Crippen LogP contribution in [-0.2, 0) is 4.74 Å². The Balaban J connectivity index is 1.73. The normalized spacial score (nSPS) is 11.0. The number of hydrogen-bond acceptors (Lipinski definition) is 4. The predicted molar refractivity (Wildman–Crippen MR) is 95.0 cm³/mol. The van der Waals surface area contributed by atoms with Crippen LogP contribution in [0.25, 0.3) is 28.1 Å². The van der Waals surface area contributed by atoms with E-state index in [0.29, 0.717) is 21.9 Å². The van der Waals surface area contributed by atoms with E-state index in [0.717, 1.165) is 16.8 Å². The number of carbonyl (C=O) groups is 1. The second-order valence-corrected chi connectivity index (χ2v) is 5.89. The highest BCUT2D eigenvalue weighted by molar-refractivity contribution is 6.30. The first-order valence-electron chi connectivity index (χ1n) is 7.53. The van der Waals surface area contributed by atoms with Gasteiger partial charge in [0.1, 0.15) is 6.33 Å².